The third-order valence-electron chi connectivity index (χ3n) is 3.84. The molecule has 0 amide bonds. The summed E-state index contributed by atoms with van der Waals surface area (Å²) < 4.78 is 43.4. The van der Waals surface area contributed by atoms with Crippen LogP contribution in [-0.4, -0.2) is 11.8 Å². The van der Waals surface area contributed by atoms with Crippen molar-refractivity contribution in [2.75, 3.05) is 0 Å². The third kappa shape index (κ3) is 19.0. The summed E-state index contributed by atoms with van der Waals surface area (Å²) in [7, 11) is -3.92. The van der Waals surface area contributed by atoms with Crippen molar-refractivity contribution in [1.29, 1.82) is 0 Å². The summed E-state index contributed by atoms with van der Waals surface area (Å²) in [6, 6.07) is 0. The minimum absolute atomic E-state index is 1.18. The van der Waals surface area contributed by atoms with E-state index >= 15 is 0 Å². The van der Waals surface area contributed by atoms with Gasteiger partial charge in [0.25, 0.3) is 0 Å². The van der Waals surface area contributed by atoms with Crippen LogP contribution in [0.5, 0.6) is 0 Å². The fourth-order valence-electron chi connectivity index (χ4n) is 2.59. The van der Waals surface area contributed by atoms with E-state index in [2.05, 4.69) is 41.8 Å². The molecule has 0 aromatic carbocycles. The van der Waals surface area contributed by atoms with Crippen LogP contribution in [0.15, 0.2) is 18.7 Å². The predicted molar refractivity (Wildman–Crippen MR) is 92.3 cm³/mol. The van der Waals surface area contributed by atoms with E-state index in [9.17, 15) is 17.3 Å². The second kappa shape index (κ2) is 14.3. The predicted octanol–water partition coefficient (Wildman–Crippen LogP) is 5.92. The third-order valence-corrected chi connectivity index (χ3v) is 3.84. The molecule has 7 heteroatoms. The van der Waals surface area contributed by atoms with E-state index in [1.165, 1.54) is 77.2 Å². The Bertz CT molecular complexity index is 388. The van der Waals surface area contributed by atoms with Crippen molar-refractivity contribution >= 4 is 7.25 Å². The van der Waals surface area contributed by atoms with Crippen LogP contribution in [0.3, 0.4) is 0 Å². The minimum Gasteiger partial charge on any atom is -0.418 e. The topological polar surface area (TPSA) is 8.81 Å². The average Bonchev–Trinajstić information content (AvgIpc) is 2.88. The number of nitrogens with zero attached hydrogens (tertiary/aromatic N) is 2. The van der Waals surface area contributed by atoms with Crippen LogP contribution in [-0.2, 0) is 13.6 Å². The molecule has 1 rings (SSSR count). The Balaban J connectivity index is 0.000000922. The number of hydrogen-bond donors (Lipinski definition) is 0. The number of hydrogen-bond acceptors (Lipinski definition) is 0. The highest BCUT2D eigenvalue weighted by atomic mass is 19.5. The molecule has 0 bridgehead atoms. The smallest absolute Gasteiger partial charge is 0.418 e. The first-order chi connectivity index (χ1) is 11.3. The minimum atomic E-state index is -6.00. The van der Waals surface area contributed by atoms with Crippen LogP contribution < -0.4 is 4.57 Å². The van der Waals surface area contributed by atoms with E-state index in [0.717, 1.165) is 0 Å². The summed E-state index contributed by atoms with van der Waals surface area (Å²) in [5, 5.41) is 0. The number of halogens is 4. The molecular weight excluding hydrogens is 319 g/mol. The van der Waals surface area contributed by atoms with Gasteiger partial charge in [-0.3, -0.25) is 0 Å². The average molecular weight is 352 g/mol. The lowest BCUT2D eigenvalue weighted by molar-refractivity contribution is -0.696. The van der Waals surface area contributed by atoms with Crippen molar-refractivity contribution in [3.8, 4) is 0 Å². The van der Waals surface area contributed by atoms with Gasteiger partial charge < -0.3 is 17.3 Å². The molecule has 0 fully saturated rings. The normalized spacial score (nSPS) is 11.2. The molecule has 0 saturated carbocycles. The fourth-order valence-corrected chi connectivity index (χ4v) is 2.59. The zero-order valence-electron chi connectivity index (χ0n) is 15.2. The molecule has 0 spiro atoms. The summed E-state index contributed by atoms with van der Waals surface area (Å²) in [6.45, 7) is 3.46. The van der Waals surface area contributed by atoms with Gasteiger partial charge in [-0.05, 0) is 12.8 Å². The van der Waals surface area contributed by atoms with Crippen LogP contribution >= 0.6 is 0 Å². The highest BCUT2D eigenvalue weighted by Crippen LogP contribution is 2.11. The molecule has 0 radical (unpaired) electrons. The molecule has 142 valence electrons. The van der Waals surface area contributed by atoms with E-state index < -0.39 is 7.25 Å². The molecule has 0 aliphatic rings. The molecule has 0 unspecified atom stereocenters. The van der Waals surface area contributed by atoms with E-state index in [1.54, 1.807) is 0 Å². The van der Waals surface area contributed by atoms with Gasteiger partial charge in [-0.2, -0.15) is 0 Å². The van der Waals surface area contributed by atoms with Gasteiger partial charge in [0, 0.05) is 0 Å². The number of unbranched alkanes of at least 4 members (excludes halogenated alkanes) is 10. The van der Waals surface area contributed by atoms with Gasteiger partial charge in [0.05, 0.1) is 13.6 Å². The molecule has 0 aliphatic heterocycles. The van der Waals surface area contributed by atoms with Crippen LogP contribution in [0, 0.1) is 0 Å². The first-order valence-corrected chi connectivity index (χ1v) is 9.21. The maximum atomic E-state index is 9.75. The van der Waals surface area contributed by atoms with Crippen molar-refractivity contribution in [1.82, 2.24) is 4.57 Å². The Labute approximate surface area is 144 Å². The van der Waals surface area contributed by atoms with E-state index in [0.29, 0.717) is 0 Å². The van der Waals surface area contributed by atoms with Gasteiger partial charge in [-0.15, -0.1) is 0 Å². The molecule has 1 aromatic rings. The Morgan fingerprint density at radius 1 is 0.792 bits per heavy atom. The molecule has 0 atom stereocenters. The summed E-state index contributed by atoms with van der Waals surface area (Å²) >= 11 is 0. The SMILES string of the molecule is CCCCCCCCCCCCC[n+]1ccn(C)c1.F[B-](F)(F)F. The lowest BCUT2D eigenvalue weighted by atomic mass is 10.1. The summed E-state index contributed by atoms with van der Waals surface area (Å²) in [6.07, 6.45) is 22.1. The highest BCUT2D eigenvalue weighted by molar-refractivity contribution is 6.50. The van der Waals surface area contributed by atoms with E-state index in [1.807, 2.05) is 0 Å². The summed E-state index contributed by atoms with van der Waals surface area (Å²) in [4.78, 5) is 0. The van der Waals surface area contributed by atoms with Crippen molar-refractivity contribution in [2.24, 2.45) is 7.05 Å². The maximum absolute atomic E-state index is 9.75. The number of imidazole rings is 1. The number of rotatable bonds is 12. The van der Waals surface area contributed by atoms with Crippen molar-refractivity contribution in [3.63, 3.8) is 0 Å². The van der Waals surface area contributed by atoms with Crippen LogP contribution in [0.25, 0.3) is 0 Å². The monoisotopic (exact) mass is 352 g/mol. The zero-order chi connectivity index (χ0) is 18.3. The van der Waals surface area contributed by atoms with Gasteiger partial charge in [-0.1, -0.05) is 64.7 Å². The van der Waals surface area contributed by atoms with E-state index in [-0.39, 0.29) is 0 Å². The van der Waals surface area contributed by atoms with Gasteiger partial charge in [0.15, 0.2) is 0 Å². The second-order valence-corrected chi connectivity index (χ2v) is 6.35. The lowest BCUT2D eigenvalue weighted by Crippen LogP contribution is -2.30. The Kier molecular flexibility index (Phi) is 13.7. The van der Waals surface area contributed by atoms with Gasteiger partial charge in [0.2, 0.25) is 6.33 Å². The molecular formula is C17H33BF4N2. The quantitative estimate of drug-likeness (QED) is 0.191. The fraction of sp³-hybridized carbons (Fsp3) is 0.824. The molecule has 2 nitrogen and oxygen atoms in total. The molecule has 0 N–H and O–H groups in total. The van der Waals surface area contributed by atoms with Crippen molar-refractivity contribution in [2.45, 2.75) is 84.1 Å². The maximum Gasteiger partial charge on any atom is 0.673 e. The molecule has 24 heavy (non-hydrogen) atoms. The van der Waals surface area contributed by atoms with E-state index in [4.69, 9.17) is 0 Å². The molecule has 1 aromatic heterocycles. The Morgan fingerprint density at radius 3 is 1.58 bits per heavy atom. The summed E-state index contributed by atoms with van der Waals surface area (Å²) in [5.74, 6) is 0. The standard InChI is InChI=1S/C17H33N2.BF4/c1-3-4-5-6-7-8-9-10-11-12-13-14-19-16-15-18(2)17-19;2-1(3,4)5/h15-17H,3-14H2,1-2H3;/q+1;-1. The van der Waals surface area contributed by atoms with Crippen molar-refractivity contribution in [3.05, 3.63) is 18.7 Å². The summed E-state index contributed by atoms with van der Waals surface area (Å²) in [5.41, 5.74) is 0. The number of aryl methyl sites for hydroxylation is 2. The Hall–Kier alpha value is -1.01. The molecule has 1 heterocycles. The van der Waals surface area contributed by atoms with Crippen LogP contribution in [0.4, 0.5) is 17.3 Å². The first kappa shape index (κ1) is 23.0. The Morgan fingerprint density at radius 2 is 1.21 bits per heavy atom. The van der Waals surface area contributed by atoms with Gasteiger partial charge in [0.1, 0.15) is 12.4 Å². The van der Waals surface area contributed by atoms with Gasteiger partial charge in [-0.25, -0.2) is 9.13 Å². The zero-order valence-corrected chi connectivity index (χ0v) is 15.2. The highest BCUT2D eigenvalue weighted by Gasteiger charge is 2.20. The lowest BCUT2D eigenvalue weighted by Gasteiger charge is -2.02. The largest absolute Gasteiger partial charge is 0.673 e. The van der Waals surface area contributed by atoms with Crippen LogP contribution in [0.2, 0.25) is 0 Å². The van der Waals surface area contributed by atoms with Crippen LogP contribution in [0.1, 0.15) is 77.6 Å². The molecule has 0 saturated heterocycles. The second-order valence-electron chi connectivity index (χ2n) is 6.35. The van der Waals surface area contributed by atoms with Gasteiger partial charge >= 0.3 is 7.25 Å². The van der Waals surface area contributed by atoms with Crippen molar-refractivity contribution < 1.29 is 21.8 Å². The number of aromatic nitrogens is 2. The molecule has 0 aliphatic carbocycles. The first-order valence-electron chi connectivity index (χ1n) is 9.21.